The van der Waals surface area contributed by atoms with Gasteiger partial charge in [0.25, 0.3) is 0 Å². The van der Waals surface area contributed by atoms with Crippen LogP contribution in [0, 0.1) is 0 Å². The lowest BCUT2D eigenvalue weighted by Gasteiger charge is -2.36. The highest BCUT2D eigenvalue weighted by molar-refractivity contribution is 8.07. The zero-order chi connectivity index (χ0) is 14.5. The lowest BCUT2D eigenvalue weighted by Crippen LogP contribution is -2.55. The minimum Gasteiger partial charge on any atom is -0.339 e. The fourth-order valence-corrected chi connectivity index (χ4v) is 5.52. The van der Waals surface area contributed by atoms with Crippen molar-refractivity contribution >= 4 is 29.4 Å². The summed E-state index contributed by atoms with van der Waals surface area (Å²) >= 11 is 3.75. The fraction of sp³-hybridized carbons (Fsp3) is 0.562. The number of piperazine rings is 1. The van der Waals surface area contributed by atoms with Gasteiger partial charge in [0.1, 0.15) is 0 Å². The van der Waals surface area contributed by atoms with Gasteiger partial charge in [-0.05, 0) is 12.0 Å². The second-order valence-corrected chi connectivity index (χ2v) is 8.02. The first-order chi connectivity index (χ1) is 10.3. The smallest absolute Gasteiger partial charge is 0.236 e. The quantitative estimate of drug-likeness (QED) is 0.921. The summed E-state index contributed by atoms with van der Waals surface area (Å²) in [6.45, 7) is 2.61. The van der Waals surface area contributed by atoms with Crippen LogP contribution in [0.2, 0.25) is 0 Å². The Labute approximate surface area is 135 Å². The minimum atomic E-state index is 0.180. The van der Waals surface area contributed by atoms with Crippen LogP contribution in [0.1, 0.15) is 5.56 Å². The lowest BCUT2D eigenvalue weighted by molar-refractivity contribution is -0.131. The van der Waals surface area contributed by atoms with Crippen LogP contribution in [0.25, 0.3) is 0 Å². The Hall–Kier alpha value is -0.650. The molecule has 5 heteroatoms. The number of rotatable bonds is 3. The molecule has 1 amide bonds. The molecule has 2 fully saturated rings. The van der Waals surface area contributed by atoms with E-state index in [9.17, 15) is 4.79 Å². The number of carbonyl (C=O) groups is 1. The molecule has 0 aliphatic carbocycles. The van der Waals surface area contributed by atoms with E-state index in [1.165, 1.54) is 11.3 Å². The van der Waals surface area contributed by atoms with E-state index in [0.29, 0.717) is 11.9 Å². The Morgan fingerprint density at radius 2 is 2.14 bits per heavy atom. The molecule has 2 saturated heterocycles. The third kappa shape index (κ3) is 4.18. The zero-order valence-corrected chi connectivity index (χ0v) is 13.8. The molecule has 0 aromatic heterocycles. The lowest BCUT2D eigenvalue weighted by atomic mass is 10.0. The van der Waals surface area contributed by atoms with E-state index in [-0.39, 0.29) is 5.25 Å². The number of nitrogens with one attached hydrogen (secondary N) is 1. The monoisotopic (exact) mass is 322 g/mol. The molecule has 2 aliphatic heterocycles. The van der Waals surface area contributed by atoms with Gasteiger partial charge in [0.05, 0.1) is 5.25 Å². The molecule has 3 nitrogen and oxygen atoms in total. The third-order valence-electron chi connectivity index (χ3n) is 3.98. The summed E-state index contributed by atoms with van der Waals surface area (Å²) < 4.78 is 0. The van der Waals surface area contributed by atoms with Gasteiger partial charge in [-0.3, -0.25) is 4.79 Å². The van der Waals surface area contributed by atoms with Crippen molar-refractivity contribution in [2.45, 2.75) is 17.7 Å². The van der Waals surface area contributed by atoms with E-state index < -0.39 is 0 Å². The van der Waals surface area contributed by atoms with Crippen LogP contribution in [-0.4, -0.2) is 59.0 Å². The Bertz CT molecular complexity index is 463. The van der Waals surface area contributed by atoms with Gasteiger partial charge in [0, 0.05) is 42.9 Å². The van der Waals surface area contributed by atoms with Crippen molar-refractivity contribution in [3.8, 4) is 0 Å². The molecule has 0 radical (unpaired) electrons. The van der Waals surface area contributed by atoms with Crippen LogP contribution < -0.4 is 5.32 Å². The molecule has 114 valence electrons. The number of hydrogen-bond acceptors (Lipinski definition) is 4. The zero-order valence-electron chi connectivity index (χ0n) is 12.2. The standard InChI is InChI=1S/C16H22N2OS2/c19-16(15-12-20-8-9-21-15)18-7-6-17-14(11-18)10-13-4-2-1-3-5-13/h1-5,14-15,17H,6-12H2. The van der Waals surface area contributed by atoms with Crippen molar-refractivity contribution in [3.63, 3.8) is 0 Å². The maximum Gasteiger partial charge on any atom is 0.236 e. The normalized spacial score (nSPS) is 26.6. The van der Waals surface area contributed by atoms with Gasteiger partial charge in [-0.25, -0.2) is 0 Å². The predicted octanol–water partition coefficient (Wildman–Crippen LogP) is 1.88. The van der Waals surface area contributed by atoms with E-state index in [2.05, 4.69) is 34.5 Å². The molecule has 1 aromatic rings. The summed E-state index contributed by atoms with van der Waals surface area (Å²) in [5.41, 5.74) is 1.34. The minimum absolute atomic E-state index is 0.180. The summed E-state index contributed by atoms with van der Waals surface area (Å²) in [6.07, 6.45) is 0.997. The van der Waals surface area contributed by atoms with Gasteiger partial charge in [-0.1, -0.05) is 30.3 Å². The molecule has 2 atom stereocenters. The number of nitrogens with zero attached hydrogens (tertiary/aromatic N) is 1. The van der Waals surface area contributed by atoms with Gasteiger partial charge >= 0.3 is 0 Å². The molecule has 2 unspecified atom stereocenters. The number of amides is 1. The van der Waals surface area contributed by atoms with Crippen molar-refractivity contribution in [2.75, 3.05) is 36.9 Å². The van der Waals surface area contributed by atoms with Gasteiger partial charge in [0.15, 0.2) is 0 Å². The third-order valence-corrected chi connectivity index (χ3v) is 6.73. The molecule has 3 rings (SSSR count). The molecule has 1 aromatic carbocycles. The Kier molecular flexibility index (Phi) is 5.49. The Morgan fingerprint density at radius 3 is 2.90 bits per heavy atom. The summed E-state index contributed by atoms with van der Waals surface area (Å²) in [6, 6.07) is 10.9. The van der Waals surface area contributed by atoms with E-state index >= 15 is 0 Å². The molecule has 0 spiro atoms. The molecule has 2 aliphatic rings. The largest absolute Gasteiger partial charge is 0.339 e. The summed E-state index contributed by atoms with van der Waals surface area (Å²) in [4.78, 5) is 14.7. The summed E-state index contributed by atoms with van der Waals surface area (Å²) in [5, 5.41) is 3.73. The summed E-state index contributed by atoms with van der Waals surface area (Å²) in [7, 11) is 0. The van der Waals surface area contributed by atoms with E-state index in [0.717, 1.165) is 37.6 Å². The maximum absolute atomic E-state index is 12.6. The van der Waals surface area contributed by atoms with Crippen molar-refractivity contribution < 1.29 is 4.79 Å². The Balaban J connectivity index is 1.56. The van der Waals surface area contributed by atoms with Crippen molar-refractivity contribution in [1.82, 2.24) is 10.2 Å². The average Bonchev–Trinajstić information content (AvgIpc) is 2.56. The van der Waals surface area contributed by atoms with Crippen LogP contribution in [0.3, 0.4) is 0 Å². The molecule has 0 saturated carbocycles. The van der Waals surface area contributed by atoms with Crippen molar-refractivity contribution in [3.05, 3.63) is 35.9 Å². The second kappa shape index (κ2) is 7.56. The van der Waals surface area contributed by atoms with E-state index in [1.807, 2.05) is 29.6 Å². The van der Waals surface area contributed by atoms with Gasteiger partial charge < -0.3 is 10.2 Å². The van der Waals surface area contributed by atoms with Crippen LogP contribution in [0.5, 0.6) is 0 Å². The molecule has 1 N–H and O–H groups in total. The highest BCUT2D eigenvalue weighted by Gasteiger charge is 2.30. The van der Waals surface area contributed by atoms with Crippen LogP contribution >= 0.6 is 23.5 Å². The average molecular weight is 322 g/mol. The van der Waals surface area contributed by atoms with Crippen LogP contribution in [0.4, 0.5) is 0 Å². The molecule has 0 bridgehead atoms. The summed E-state index contributed by atoms with van der Waals surface area (Å²) in [5.74, 6) is 3.64. The van der Waals surface area contributed by atoms with Crippen molar-refractivity contribution in [2.24, 2.45) is 0 Å². The van der Waals surface area contributed by atoms with E-state index in [1.54, 1.807) is 0 Å². The topological polar surface area (TPSA) is 32.3 Å². The van der Waals surface area contributed by atoms with Gasteiger partial charge in [-0.15, -0.1) is 11.8 Å². The molecule has 21 heavy (non-hydrogen) atoms. The second-order valence-electron chi connectivity index (χ2n) is 5.56. The number of hydrogen-bond donors (Lipinski definition) is 1. The van der Waals surface area contributed by atoms with Gasteiger partial charge in [0.2, 0.25) is 5.91 Å². The SMILES string of the molecule is O=C(C1CSCCS1)N1CCNC(Cc2ccccc2)C1. The highest BCUT2D eigenvalue weighted by Crippen LogP contribution is 2.26. The maximum atomic E-state index is 12.6. The number of benzene rings is 1. The Morgan fingerprint density at radius 1 is 1.29 bits per heavy atom. The number of thioether (sulfide) groups is 2. The predicted molar refractivity (Wildman–Crippen MR) is 92.1 cm³/mol. The first-order valence-corrected chi connectivity index (χ1v) is 9.79. The molecular weight excluding hydrogens is 300 g/mol. The highest BCUT2D eigenvalue weighted by atomic mass is 32.2. The van der Waals surface area contributed by atoms with Crippen LogP contribution in [0.15, 0.2) is 30.3 Å². The first-order valence-electron chi connectivity index (χ1n) is 7.58. The van der Waals surface area contributed by atoms with Crippen molar-refractivity contribution in [1.29, 1.82) is 0 Å². The van der Waals surface area contributed by atoms with Gasteiger partial charge in [-0.2, -0.15) is 11.8 Å². The van der Waals surface area contributed by atoms with Crippen LogP contribution in [-0.2, 0) is 11.2 Å². The first kappa shape index (κ1) is 15.3. The number of carbonyl (C=O) groups excluding carboxylic acids is 1. The molecular formula is C16H22N2OS2. The fourth-order valence-electron chi connectivity index (χ4n) is 2.89. The molecule has 2 heterocycles. The van der Waals surface area contributed by atoms with E-state index in [4.69, 9.17) is 0 Å².